The average Bonchev–Trinajstić information content (AvgIpc) is 2.70. The molecule has 0 aliphatic heterocycles. The number of ether oxygens (including phenoxy) is 1. The number of aromatic nitrogens is 2. The maximum atomic E-state index is 12.4. The summed E-state index contributed by atoms with van der Waals surface area (Å²) < 4.78 is 6.87. The molecule has 0 atom stereocenters. The van der Waals surface area contributed by atoms with Gasteiger partial charge in [0, 0.05) is 19.5 Å². The third-order valence-electron chi connectivity index (χ3n) is 4.44. The van der Waals surface area contributed by atoms with Crippen LogP contribution >= 0.6 is 0 Å². The van der Waals surface area contributed by atoms with Crippen LogP contribution in [0.2, 0.25) is 0 Å². The molecule has 0 bridgehead atoms. The molecule has 0 saturated heterocycles. The third-order valence-corrected chi connectivity index (χ3v) is 4.44. The van der Waals surface area contributed by atoms with E-state index < -0.39 is 0 Å². The zero-order valence-electron chi connectivity index (χ0n) is 15.4. The van der Waals surface area contributed by atoms with Gasteiger partial charge in [0.05, 0.1) is 24.3 Å². The topological polar surface area (TPSA) is 73.2 Å². The summed E-state index contributed by atoms with van der Waals surface area (Å²) >= 11 is 0. The van der Waals surface area contributed by atoms with Gasteiger partial charge in [-0.05, 0) is 36.6 Å². The summed E-state index contributed by atoms with van der Waals surface area (Å²) in [6.45, 7) is 1.02. The third kappa shape index (κ3) is 4.73. The zero-order valence-corrected chi connectivity index (χ0v) is 15.4. The minimum Gasteiger partial charge on any atom is -0.496 e. The molecule has 27 heavy (non-hydrogen) atoms. The van der Waals surface area contributed by atoms with Gasteiger partial charge in [0.2, 0.25) is 5.91 Å². The number of nitrogens with one attached hydrogen (secondary N) is 1. The molecule has 1 amide bonds. The quantitative estimate of drug-likeness (QED) is 0.666. The summed E-state index contributed by atoms with van der Waals surface area (Å²) in [6, 6.07) is 15.0. The van der Waals surface area contributed by atoms with Crippen molar-refractivity contribution in [1.82, 2.24) is 14.9 Å². The number of carbonyl (C=O) groups excluding carboxylic acids is 1. The van der Waals surface area contributed by atoms with E-state index >= 15 is 0 Å². The van der Waals surface area contributed by atoms with E-state index in [0.717, 1.165) is 11.3 Å². The molecule has 0 saturated carbocycles. The average molecular weight is 365 g/mol. The van der Waals surface area contributed by atoms with Crippen molar-refractivity contribution in [3.8, 4) is 5.75 Å². The van der Waals surface area contributed by atoms with Crippen LogP contribution in [0.1, 0.15) is 18.4 Å². The first-order valence-corrected chi connectivity index (χ1v) is 9.02. The highest BCUT2D eigenvalue weighted by Gasteiger charge is 2.06. The summed E-state index contributed by atoms with van der Waals surface area (Å²) in [5, 5.41) is 3.51. The number of hydrogen-bond acceptors (Lipinski definition) is 4. The molecule has 6 nitrogen and oxygen atoms in total. The molecular weight excluding hydrogens is 342 g/mol. The van der Waals surface area contributed by atoms with Crippen molar-refractivity contribution in [2.45, 2.75) is 25.8 Å². The zero-order chi connectivity index (χ0) is 19.1. The number of aryl methyl sites for hydroxylation is 1. The molecule has 1 N–H and O–H groups in total. The van der Waals surface area contributed by atoms with Crippen molar-refractivity contribution >= 4 is 16.8 Å². The second-order valence-corrected chi connectivity index (χ2v) is 6.28. The predicted molar refractivity (Wildman–Crippen MR) is 105 cm³/mol. The van der Waals surface area contributed by atoms with E-state index in [1.54, 1.807) is 24.1 Å². The molecule has 1 aromatic heterocycles. The normalized spacial score (nSPS) is 10.7. The summed E-state index contributed by atoms with van der Waals surface area (Å²) in [7, 11) is 1.64. The van der Waals surface area contributed by atoms with Crippen molar-refractivity contribution in [3.05, 3.63) is 70.8 Å². The van der Waals surface area contributed by atoms with E-state index in [1.165, 1.54) is 0 Å². The van der Waals surface area contributed by atoms with Crippen LogP contribution in [0.15, 0.2) is 59.7 Å². The SMILES string of the molecule is COc1ccccc1CCNC(=O)CCCn1cnc2ccccc2c1=O. The summed E-state index contributed by atoms with van der Waals surface area (Å²) in [6.07, 6.45) is 3.21. The van der Waals surface area contributed by atoms with Crippen LogP contribution in [0.5, 0.6) is 5.75 Å². The van der Waals surface area contributed by atoms with E-state index in [2.05, 4.69) is 10.3 Å². The predicted octanol–water partition coefficient (Wildman–Crippen LogP) is 2.54. The summed E-state index contributed by atoms with van der Waals surface area (Å²) in [5.41, 5.74) is 1.68. The Hall–Kier alpha value is -3.15. The van der Waals surface area contributed by atoms with Crippen LogP contribution in [-0.4, -0.2) is 29.1 Å². The van der Waals surface area contributed by atoms with Gasteiger partial charge in [-0.15, -0.1) is 0 Å². The van der Waals surface area contributed by atoms with Crippen LogP contribution < -0.4 is 15.6 Å². The van der Waals surface area contributed by atoms with Gasteiger partial charge in [0.25, 0.3) is 5.56 Å². The Balaban J connectivity index is 1.46. The Morgan fingerprint density at radius 2 is 1.93 bits per heavy atom. The van der Waals surface area contributed by atoms with Crippen LogP contribution in [0.3, 0.4) is 0 Å². The molecule has 1 heterocycles. The maximum absolute atomic E-state index is 12.4. The first kappa shape index (κ1) is 18.6. The molecule has 2 aromatic carbocycles. The highest BCUT2D eigenvalue weighted by molar-refractivity contribution is 5.77. The Labute approximate surface area is 157 Å². The smallest absolute Gasteiger partial charge is 0.261 e. The summed E-state index contributed by atoms with van der Waals surface area (Å²) in [5.74, 6) is 0.807. The van der Waals surface area contributed by atoms with Gasteiger partial charge < -0.3 is 10.1 Å². The Morgan fingerprint density at radius 3 is 2.78 bits per heavy atom. The number of rotatable bonds is 8. The largest absolute Gasteiger partial charge is 0.496 e. The van der Waals surface area contributed by atoms with Gasteiger partial charge in [-0.25, -0.2) is 4.98 Å². The number of para-hydroxylation sites is 2. The van der Waals surface area contributed by atoms with Gasteiger partial charge in [0.1, 0.15) is 5.75 Å². The van der Waals surface area contributed by atoms with Crippen LogP contribution in [0.25, 0.3) is 10.9 Å². The van der Waals surface area contributed by atoms with Crippen molar-refractivity contribution in [1.29, 1.82) is 0 Å². The number of benzene rings is 2. The minimum atomic E-state index is -0.0721. The lowest BCUT2D eigenvalue weighted by Crippen LogP contribution is -2.26. The number of carbonyl (C=O) groups is 1. The molecule has 0 spiro atoms. The number of hydrogen-bond donors (Lipinski definition) is 1. The van der Waals surface area contributed by atoms with Crippen molar-refractivity contribution < 1.29 is 9.53 Å². The molecule has 3 rings (SSSR count). The lowest BCUT2D eigenvalue weighted by molar-refractivity contribution is -0.121. The van der Waals surface area contributed by atoms with Crippen molar-refractivity contribution in [2.75, 3.05) is 13.7 Å². The fourth-order valence-electron chi connectivity index (χ4n) is 3.01. The number of methoxy groups -OCH3 is 1. The Bertz CT molecular complexity index is 982. The molecule has 0 fully saturated rings. The molecule has 3 aromatic rings. The first-order chi connectivity index (χ1) is 13.2. The van der Waals surface area contributed by atoms with Crippen LogP contribution in [-0.2, 0) is 17.8 Å². The number of amides is 1. The van der Waals surface area contributed by atoms with Gasteiger partial charge in [-0.3, -0.25) is 14.2 Å². The van der Waals surface area contributed by atoms with Crippen molar-refractivity contribution in [2.24, 2.45) is 0 Å². The second-order valence-electron chi connectivity index (χ2n) is 6.28. The first-order valence-electron chi connectivity index (χ1n) is 9.02. The van der Waals surface area contributed by atoms with Gasteiger partial charge in [-0.2, -0.15) is 0 Å². The fraction of sp³-hybridized carbons (Fsp3) is 0.286. The second kappa shape index (κ2) is 8.98. The summed E-state index contributed by atoms with van der Waals surface area (Å²) in [4.78, 5) is 28.7. The Kier molecular flexibility index (Phi) is 6.20. The van der Waals surface area contributed by atoms with Gasteiger partial charge in [-0.1, -0.05) is 30.3 Å². The molecule has 0 aliphatic rings. The van der Waals surface area contributed by atoms with E-state index in [4.69, 9.17) is 4.74 Å². The highest BCUT2D eigenvalue weighted by atomic mass is 16.5. The lowest BCUT2D eigenvalue weighted by Gasteiger charge is -2.09. The van der Waals surface area contributed by atoms with E-state index in [-0.39, 0.29) is 11.5 Å². The van der Waals surface area contributed by atoms with Crippen LogP contribution in [0, 0.1) is 0 Å². The molecule has 140 valence electrons. The van der Waals surface area contributed by atoms with E-state index in [9.17, 15) is 9.59 Å². The highest BCUT2D eigenvalue weighted by Crippen LogP contribution is 2.17. The number of nitrogens with zero attached hydrogens (tertiary/aromatic N) is 2. The number of fused-ring (bicyclic) bond motifs is 1. The molecule has 0 aliphatic carbocycles. The van der Waals surface area contributed by atoms with Gasteiger partial charge >= 0.3 is 0 Å². The standard InChI is InChI=1S/C21H23N3O3/c1-27-19-10-5-2-7-16(19)12-13-22-20(25)11-6-14-24-15-23-18-9-4-3-8-17(18)21(24)26/h2-5,7-10,15H,6,11-14H2,1H3,(H,22,25). The molecule has 0 unspecified atom stereocenters. The van der Waals surface area contributed by atoms with E-state index in [0.29, 0.717) is 43.3 Å². The molecule has 6 heteroatoms. The molecular formula is C21H23N3O3. The Morgan fingerprint density at radius 1 is 1.15 bits per heavy atom. The molecule has 0 radical (unpaired) electrons. The maximum Gasteiger partial charge on any atom is 0.261 e. The van der Waals surface area contributed by atoms with Gasteiger partial charge in [0.15, 0.2) is 0 Å². The van der Waals surface area contributed by atoms with E-state index in [1.807, 2.05) is 42.5 Å². The lowest BCUT2D eigenvalue weighted by atomic mass is 10.1. The minimum absolute atomic E-state index is 0.0216. The monoisotopic (exact) mass is 365 g/mol. The van der Waals surface area contributed by atoms with Crippen LogP contribution in [0.4, 0.5) is 0 Å². The van der Waals surface area contributed by atoms with Crippen molar-refractivity contribution in [3.63, 3.8) is 0 Å². The fourth-order valence-corrected chi connectivity index (χ4v) is 3.01.